The predicted octanol–water partition coefficient (Wildman–Crippen LogP) is 4.22. The lowest BCUT2D eigenvalue weighted by molar-refractivity contribution is 0.131. The Bertz CT molecular complexity index is 830. The largest absolute Gasteiger partial charge is 0.449 e. The number of aryl methyl sites for hydroxylation is 1. The zero-order valence-corrected chi connectivity index (χ0v) is 14.0. The van der Waals surface area contributed by atoms with E-state index < -0.39 is 0 Å². The second-order valence-corrected chi connectivity index (χ2v) is 6.83. The first-order chi connectivity index (χ1) is 11.1. The first-order valence-electron chi connectivity index (χ1n) is 8.38. The molecule has 1 atom stereocenters. The van der Waals surface area contributed by atoms with Crippen LogP contribution < -0.4 is 0 Å². The molecule has 0 aliphatic carbocycles. The molecule has 4 rings (SSSR count). The fourth-order valence-electron chi connectivity index (χ4n) is 3.94. The Morgan fingerprint density at radius 1 is 1.35 bits per heavy atom. The molecule has 3 heterocycles. The Kier molecular flexibility index (Phi) is 3.49. The lowest BCUT2D eigenvalue weighted by Crippen LogP contribution is -2.37. The van der Waals surface area contributed by atoms with Crippen molar-refractivity contribution in [3.63, 3.8) is 0 Å². The standard InChI is InChI=1S/C19H23N3O/c1-12(2)19-18-16(15-6-4-5-7-17(15)21-18)8-9-22(19)10-14-11-23-13(3)20-14/h4-7,11-12,19,21H,8-10H2,1-3H3/t19-/m0/s1. The number of hydrogen-bond acceptors (Lipinski definition) is 3. The van der Waals surface area contributed by atoms with Crippen LogP contribution in [0.5, 0.6) is 0 Å². The lowest BCUT2D eigenvalue weighted by atomic mass is 9.90. The average Bonchev–Trinajstić information content (AvgIpc) is 3.09. The minimum Gasteiger partial charge on any atom is -0.449 e. The maximum absolute atomic E-state index is 5.37. The van der Waals surface area contributed by atoms with Gasteiger partial charge in [0.1, 0.15) is 6.26 Å². The summed E-state index contributed by atoms with van der Waals surface area (Å²) in [6, 6.07) is 9.04. The summed E-state index contributed by atoms with van der Waals surface area (Å²) in [7, 11) is 0. The summed E-state index contributed by atoms with van der Waals surface area (Å²) in [5.41, 5.74) is 5.15. The van der Waals surface area contributed by atoms with Crippen LogP contribution in [0.4, 0.5) is 0 Å². The van der Waals surface area contributed by atoms with E-state index in [4.69, 9.17) is 4.42 Å². The molecular weight excluding hydrogens is 286 g/mol. The number of fused-ring (bicyclic) bond motifs is 3. The van der Waals surface area contributed by atoms with Crippen LogP contribution in [-0.2, 0) is 13.0 Å². The van der Waals surface area contributed by atoms with Gasteiger partial charge >= 0.3 is 0 Å². The first-order valence-corrected chi connectivity index (χ1v) is 8.38. The van der Waals surface area contributed by atoms with Crippen molar-refractivity contribution >= 4 is 10.9 Å². The highest BCUT2D eigenvalue weighted by atomic mass is 16.3. The third-order valence-electron chi connectivity index (χ3n) is 4.85. The van der Waals surface area contributed by atoms with Crippen molar-refractivity contribution in [3.05, 3.63) is 53.4 Å². The predicted molar refractivity (Wildman–Crippen MR) is 91.2 cm³/mol. The van der Waals surface area contributed by atoms with Gasteiger partial charge in [0.2, 0.25) is 0 Å². The first kappa shape index (κ1) is 14.5. The maximum atomic E-state index is 5.37. The Hall–Kier alpha value is -2.07. The molecule has 0 bridgehead atoms. The van der Waals surface area contributed by atoms with E-state index in [0.29, 0.717) is 12.0 Å². The number of aromatic amines is 1. The van der Waals surface area contributed by atoms with E-state index in [-0.39, 0.29) is 0 Å². The normalized spacial score (nSPS) is 18.7. The molecule has 1 aromatic carbocycles. The summed E-state index contributed by atoms with van der Waals surface area (Å²) >= 11 is 0. The summed E-state index contributed by atoms with van der Waals surface area (Å²) in [6.45, 7) is 8.40. The monoisotopic (exact) mass is 309 g/mol. The molecule has 23 heavy (non-hydrogen) atoms. The van der Waals surface area contributed by atoms with Gasteiger partial charge < -0.3 is 9.40 Å². The van der Waals surface area contributed by atoms with E-state index >= 15 is 0 Å². The number of benzene rings is 1. The molecule has 120 valence electrons. The molecule has 0 fully saturated rings. The molecule has 0 saturated carbocycles. The Labute approximate surface area is 136 Å². The van der Waals surface area contributed by atoms with E-state index in [0.717, 1.165) is 31.1 Å². The number of aromatic nitrogens is 2. The topological polar surface area (TPSA) is 45.1 Å². The number of nitrogens with one attached hydrogen (secondary N) is 1. The van der Waals surface area contributed by atoms with Crippen LogP contribution >= 0.6 is 0 Å². The Morgan fingerprint density at radius 2 is 2.17 bits per heavy atom. The van der Waals surface area contributed by atoms with Gasteiger partial charge in [0, 0.05) is 36.6 Å². The van der Waals surface area contributed by atoms with Crippen LogP contribution in [0, 0.1) is 12.8 Å². The molecule has 1 aliphatic rings. The van der Waals surface area contributed by atoms with Gasteiger partial charge in [-0.2, -0.15) is 0 Å². The van der Waals surface area contributed by atoms with Crippen molar-refractivity contribution < 1.29 is 4.42 Å². The molecule has 4 nitrogen and oxygen atoms in total. The highest BCUT2D eigenvalue weighted by Gasteiger charge is 2.32. The fourth-order valence-corrected chi connectivity index (χ4v) is 3.94. The highest BCUT2D eigenvalue weighted by molar-refractivity contribution is 5.85. The van der Waals surface area contributed by atoms with Gasteiger partial charge in [0.05, 0.1) is 11.7 Å². The molecule has 0 spiro atoms. The summed E-state index contributed by atoms with van der Waals surface area (Å²) < 4.78 is 5.37. The molecule has 0 radical (unpaired) electrons. The second kappa shape index (κ2) is 5.53. The smallest absolute Gasteiger partial charge is 0.191 e. The van der Waals surface area contributed by atoms with Crippen molar-refractivity contribution in [1.82, 2.24) is 14.9 Å². The number of rotatable bonds is 3. The molecule has 1 aliphatic heterocycles. The average molecular weight is 309 g/mol. The second-order valence-electron chi connectivity index (χ2n) is 6.83. The summed E-state index contributed by atoms with van der Waals surface area (Å²) in [5.74, 6) is 1.28. The molecular formula is C19H23N3O. The van der Waals surface area contributed by atoms with Crippen LogP contribution in [0.15, 0.2) is 34.9 Å². The molecule has 1 N–H and O–H groups in total. The van der Waals surface area contributed by atoms with E-state index in [1.165, 1.54) is 22.2 Å². The molecule has 0 unspecified atom stereocenters. The van der Waals surface area contributed by atoms with Crippen LogP contribution in [0.3, 0.4) is 0 Å². The van der Waals surface area contributed by atoms with Gasteiger partial charge in [0.25, 0.3) is 0 Å². The third-order valence-corrected chi connectivity index (χ3v) is 4.85. The lowest BCUT2D eigenvalue weighted by Gasteiger charge is -2.37. The van der Waals surface area contributed by atoms with E-state index in [9.17, 15) is 0 Å². The summed E-state index contributed by atoms with van der Waals surface area (Å²) in [5, 5.41) is 1.38. The SMILES string of the molecule is Cc1nc(CN2CCc3c([nH]c4ccccc34)[C@@H]2C(C)C)co1. The molecule has 2 aromatic heterocycles. The van der Waals surface area contributed by atoms with Gasteiger partial charge in [-0.25, -0.2) is 4.98 Å². The van der Waals surface area contributed by atoms with Gasteiger partial charge in [-0.1, -0.05) is 32.0 Å². The summed E-state index contributed by atoms with van der Waals surface area (Å²) in [6.07, 6.45) is 2.87. The van der Waals surface area contributed by atoms with Crippen molar-refractivity contribution in [2.75, 3.05) is 6.54 Å². The molecule has 0 saturated heterocycles. The third kappa shape index (κ3) is 2.47. The Morgan fingerprint density at radius 3 is 2.91 bits per heavy atom. The summed E-state index contributed by atoms with van der Waals surface area (Å²) in [4.78, 5) is 10.7. The fraction of sp³-hybridized carbons (Fsp3) is 0.421. The molecule has 4 heteroatoms. The number of H-pyrrole nitrogens is 1. The van der Waals surface area contributed by atoms with Crippen LogP contribution in [-0.4, -0.2) is 21.4 Å². The molecule has 3 aromatic rings. The van der Waals surface area contributed by atoms with Gasteiger partial charge in [-0.05, 0) is 24.0 Å². The van der Waals surface area contributed by atoms with Gasteiger partial charge in [-0.3, -0.25) is 4.90 Å². The maximum Gasteiger partial charge on any atom is 0.191 e. The number of hydrogen-bond donors (Lipinski definition) is 1. The van der Waals surface area contributed by atoms with E-state index in [2.05, 4.69) is 53.0 Å². The number of nitrogens with zero attached hydrogens (tertiary/aromatic N) is 2. The minimum absolute atomic E-state index is 0.392. The highest BCUT2D eigenvalue weighted by Crippen LogP contribution is 2.38. The minimum atomic E-state index is 0.392. The quantitative estimate of drug-likeness (QED) is 0.788. The van der Waals surface area contributed by atoms with Gasteiger partial charge in [0.15, 0.2) is 5.89 Å². The van der Waals surface area contributed by atoms with Crippen molar-refractivity contribution in [1.29, 1.82) is 0 Å². The van der Waals surface area contributed by atoms with Crippen molar-refractivity contribution in [3.8, 4) is 0 Å². The number of oxazole rings is 1. The van der Waals surface area contributed by atoms with Crippen molar-refractivity contribution in [2.24, 2.45) is 5.92 Å². The van der Waals surface area contributed by atoms with Crippen molar-refractivity contribution in [2.45, 2.75) is 39.8 Å². The molecule has 0 amide bonds. The van der Waals surface area contributed by atoms with Crippen LogP contribution in [0.25, 0.3) is 10.9 Å². The van der Waals surface area contributed by atoms with Crippen LogP contribution in [0.2, 0.25) is 0 Å². The van der Waals surface area contributed by atoms with E-state index in [1.54, 1.807) is 6.26 Å². The van der Waals surface area contributed by atoms with Gasteiger partial charge in [-0.15, -0.1) is 0 Å². The van der Waals surface area contributed by atoms with E-state index in [1.807, 2.05) is 6.92 Å². The van der Waals surface area contributed by atoms with Crippen LogP contribution in [0.1, 0.15) is 42.7 Å². The Balaban J connectivity index is 1.73. The zero-order valence-electron chi connectivity index (χ0n) is 14.0. The number of para-hydroxylation sites is 1. The zero-order chi connectivity index (χ0) is 16.0.